The Labute approximate surface area is 155 Å². The van der Waals surface area contributed by atoms with Crippen molar-refractivity contribution in [2.45, 2.75) is 20.4 Å². The maximum absolute atomic E-state index is 11.8. The molecule has 1 aliphatic heterocycles. The van der Waals surface area contributed by atoms with Crippen LogP contribution in [0.15, 0.2) is 51.5 Å². The molecule has 0 radical (unpaired) electrons. The van der Waals surface area contributed by atoms with Crippen LogP contribution < -0.4 is 5.32 Å². The first-order valence-electron chi connectivity index (χ1n) is 7.66. The number of hydrogen-bond donors (Lipinski definition) is 2. The van der Waals surface area contributed by atoms with E-state index in [4.69, 9.17) is 0 Å². The van der Waals surface area contributed by atoms with Crippen LogP contribution >= 0.6 is 24.4 Å². The van der Waals surface area contributed by atoms with E-state index in [1.165, 1.54) is 0 Å². The smallest absolute Gasteiger partial charge is 0.290 e. The molecule has 25 heavy (non-hydrogen) atoms. The van der Waals surface area contributed by atoms with E-state index in [0.29, 0.717) is 11.4 Å². The van der Waals surface area contributed by atoms with Gasteiger partial charge < -0.3 is 4.57 Å². The van der Waals surface area contributed by atoms with Crippen LogP contribution in [0.1, 0.15) is 19.4 Å². The third kappa shape index (κ3) is 3.88. The van der Waals surface area contributed by atoms with E-state index in [1.807, 2.05) is 44.3 Å². The van der Waals surface area contributed by atoms with Gasteiger partial charge in [-0.05, 0) is 54.8 Å². The highest BCUT2D eigenvalue weighted by atomic mass is 32.2. The Morgan fingerprint density at radius 2 is 2.12 bits per heavy atom. The van der Waals surface area contributed by atoms with Gasteiger partial charge in [-0.15, -0.1) is 12.6 Å². The van der Waals surface area contributed by atoms with Crippen molar-refractivity contribution >= 4 is 58.2 Å². The third-order valence-electron chi connectivity index (χ3n) is 3.62. The first kappa shape index (κ1) is 17.6. The molecule has 2 heterocycles. The zero-order valence-corrected chi connectivity index (χ0v) is 15.5. The Morgan fingerprint density at radius 3 is 2.76 bits per heavy atom. The second kappa shape index (κ2) is 7.33. The molecular formula is C18H17N3O2S2. The number of nitrogens with one attached hydrogen (secondary N) is 1. The van der Waals surface area contributed by atoms with Gasteiger partial charge in [0, 0.05) is 22.8 Å². The number of thioether (sulfide) groups is 1. The van der Waals surface area contributed by atoms with Crippen molar-refractivity contribution in [2.75, 3.05) is 0 Å². The highest BCUT2D eigenvalue weighted by Gasteiger charge is 2.25. The molecule has 1 fully saturated rings. The second-order valence-electron chi connectivity index (χ2n) is 5.76. The monoisotopic (exact) mass is 371 g/mol. The average Bonchev–Trinajstić information content (AvgIpc) is 3.10. The molecule has 0 aliphatic carbocycles. The molecule has 1 aromatic carbocycles. The fourth-order valence-electron chi connectivity index (χ4n) is 2.64. The predicted octanol–water partition coefficient (Wildman–Crippen LogP) is 4.22. The molecule has 2 aromatic rings. The normalized spacial score (nSPS) is 16.6. The maximum Gasteiger partial charge on any atom is 0.290 e. The SMILES string of the molecule is CC(C)=N/C(=C\S)Cn1ccc2c(/C=C3\SC(=O)NC3=O)cccc21. The standard InChI is InChI=1S/C18H17N3O2S2/c1-11(2)19-13(10-24)9-21-7-6-14-12(4-3-5-15(14)21)8-16-17(22)20-18(23)25-16/h3-8,10,24H,9H2,1-2H3,(H,20,22,23)/b13-10-,16-8-. The van der Waals surface area contributed by atoms with Crippen LogP contribution in [-0.4, -0.2) is 21.4 Å². The summed E-state index contributed by atoms with van der Waals surface area (Å²) in [7, 11) is 0. The van der Waals surface area contributed by atoms with Crippen molar-refractivity contribution < 1.29 is 9.59 Å². The van der Waals surface area contributed by atoms with Crippen LogP contribution in [0, 0.1) is 0 Å². The van der Waals surface area contributed by atoms with Gasteiger partial charge in [0.25, 0.3) is 11.1 Å². The number of imide groups is 1. The minimum Gasteiger partial charge on any atom is -0.341 e. The van der Waals surface area contributed by atoms with Crippen molar-refractivity contribution in [2.24, 2.45) is 4.99 Å². The molecule has 7 heteroatoms. The summed E-state index contributed by atoms with van der Waals surface area (Å²) in [6.45, 7) is 4.49. The van der Waals surface area contributed by atoms with Gasteiger partial charge in [-0.2, -0.15) is 0 Å². The van der Waals surface area contributed by atoms with E-state index in [2.05, 4.69) is 27.5 Å². The molecule has 2 amide bonds. The first-order chi connectivity index (χ1) is 12.0. The molecule has 1 N–H and O–H groups in total. The number of benzene rings is 1. The molecule has 0 atom stereocenters. The minimum absolute atomic E-state index is 0.336. The largest absolute Gasteiger partial charge is 0.341 e. The van der Waals surface area contributed by atoms with Crippen molar-refractivity contribution in [3.8, 4) is 0 Å². The molecule has 1 saturated heterocycles. The summed E-state index contributed by atoms with van der Waals surface area (Å²) < 4.78 is 2.08. The summed E-state index contributed by atoms with van der Waals surface area (Å²) in [5, 5.41) is 4.65. The molecule has 0 bridgehead atoms. The van der Waals surface area contributed by atoms with E-state index in [1.54, 1.807) is 11.5 Å². The van der Waals surface area contributed by atoms with Crippen LogP contribution in [0.3, 0.4) is 0 Å². The van der Waals surface area contributed by atoms with E-state index < -0.39 is 0 Å². The summed E-state index contributed by atoms with van der Waals surface area (Å²) in [6.07, 6.45) is 3.73. The van der Waals surface area contributed by atoms with Gasteiger partial charge in [0.2, 0.25) is 0 Å². The number of carbonyl (C=O) groups is 2. The van der Waals surface area contributed by atoms with Gasteiger partial charge in [0.05, 0.1) is 17.1 Å². The number of hydrogen-bond acceptors (Lipinski definition) is 5. The van der Waals surface area contributed by atoms with Crippen LogP contribution in [0.2, 0.25) is 0 Å². The quantitative estimate of drug-likeness (QED) is 0.481. The van der Waals surface area contributed by atoms with Crippen molar-refractivity contribution in [3.05, 3.63) is 52.0 Å². The minimum atomic E-state index is -0.348. The van der Waals surface area contributed by atoms with Gasteiger partial charge in [0.1, 0.15) is 0 Å². The van der Waals surface area contributed by atoms with Crippen LogP contribution in [-0.2, 0) is 11.3 Å². The van der Waals surface area contributed by atoms with E-state index >= 15 is 0 Å². The molecule has 0 spiro atoms. The molecule has 0 saturated carbocycles. The molecule has 3 rings (SSSR count). The lowest BCUT2D eigenvalue weighted by atomic mass is 10.1. The molecule has 1 aliphatic rings. The molecule has 128 valence electrons. The maximum atomic E-state index is 11.8. The number of carbonyl (C=O) groups excluding carboxylic acids is 2. The van der Waals surface area contributed by atoms with Gasteiger partial charge in [0.15, 0.2) is 0 Å². The highest BCUT2D eigenvalue weighted by Crippen LogP contribution is 2.29. The van der Waals surface area contributed by atoms with Crippen LogP contribution in [0.25, 0.3) is 17.0 Å². The second-order valence-corrected chi connectivity index (χ2v) is 7.03. The number of allylic oxidation sites excluding steroid dienone is 1. The number of fused-ring (bicyclic) bond motifs is 1. The summed E-state index contributed by atoms with van der Waals surface area (Å²) in [4.78, 5) is 28.0. The summed E-state index contributed by atoms with van der Waals surface area (Å²) in [5.74, 6) is -0.348. The number of aromatic nitrogens is 1. The van der Waals surface area contributed by atoms with Crippen molar-refractivity contribution in [3.63, 3.8) is 0 Å². The van der Waals surface area contributed by atoms with E-state index in [0.717, 1.165) is 39.6 Å². The summed E-state index contributed by atoms with van der Waals surface area (Å²) in [5.41, 5.74) is 3.76. The topological polar surface area (TPSA) is 63.5 Å². The van der Waals surface area contributed by atoms with E-state index in [-0.39, 0.29) is 11.1 Å². The van der Waals surface area contributed by atoms with Gasteiger partial charge in [-0.25, -0.2) is 0 Å². The highest BCUT2D eigenvalue weighted by molar-refractivity contribution is 8.18. The lowest BCUT2D eigenvalue weighted by molar-refractivity contribution is -0.115. The Morgan fingerprint density at radius 1 is 1.32 bits per heavy atom. The number of amides is 2. The van der Waals surface area contributed by atoms with Crippen LogP contribution in [0.5, 0.6) is 0 Å². The van der Waals surface area contributed by atoms with Crippen molar-refractivity contribution in [1.82, 2.24) is 9.88 Å². The van der Waals surface area contributed by atoms with Crippen molar-refractivity contribution in [1.29, 1.82) is 0 Å². The number of thiol groups is 1. The van der Waals surface area contributed by atoms with Crippen LogP contribution in [0.4, 0.5) is 4.79 Å². The Kier molecular flexibility index (Phi) is 5.15. The predicted molar refractivity (Wildman–Crippen MR) is 107 cm³/mol. The molecule has 5 nitrogen and oxygen atoms in total. The summed E-state index contributed by atoms with van der Waals surface area (Å²) >= 11 is 5.16. The fraction of sp³-hybridized carbons (Fsp3) is 0.167. The van der Waals surface area contributed by atoms with Gasteiger partial charge >= 0.3 is 0 Å². The lowest BCUT2D eigenvalue weighted by Crippen LogP contribution is -2.17. The Hall–Kier alpha value is -2.25. The first-order valence-corrected chi connectivity index (χ1v) is 8.99. The molecule has 1 aromatic heterocycles. The van der Waals surface area contributed by atoms with Gasteiger partial charge in [-0.1, -0.05) is 12.1 Å². The number of aliphatic imine (C=N–C) groups is 1. The average molecular weight is 371 g/mol. The molecule has 0 unspecified atom stereocenters. The third-order valence-corrected chi connectivity index (χ3v) is 4.73. The van der Waals surface area contributed by atoms with Gasteiger partial charge in [-0.3, -0.25) is 19.9 Å². The number of nitrogens with zero attached hydrogens (tertiary/aromatic N) is 2. The Balaban J connectivity index is 1.98. The molecular weight excluding hydrogens is 354 g/mol. The fourth-order valence-corrected chi connectivity index (χ4v) is 3.45. The lowest BCUT2D eigenvalue weighted by Gasteiger charge is -2.07. The summed E-state index contributed by atoms with van der Waals surface area (Å²) in [6, 6.07) is 7.88. The zero-order chi connectivity index (χ0) is 18.0. The zero-order valence-electron chi connectivity index (χ0n) is 13.8. The number of rotatable bonds is 4. The Bertz CT molecular complexity index is 950. The van der Waals surface area contributed by atoms with E-state index in [9.17, 15) is 9.59 Å².